The van der Waals surface area contributed by atoms with Gasteiger partial charge in [-0.3, -0.25) is 0 Å². The quantitative estimate of drug-likeness (QED) is 0.0478. The molecule has 0 aliphatic rings. The van der Waals surface area contributed by atoms with Crippen LogP contribution in [0.15, 0.2) is 115 Å². The first-order chi connectivity index (χ1) is 24.5. The van der Waals surface area contributed by atoms with Crippen LogP contribution in [-0.4, -0.2) is 16.6 Å². The maximum Gasteiger partial charge on any atom is 0.209 e. The molecule has 2 atom stereocenters. The van der Waals surface area contributed by atoms with Crippen molar-refractivity contribution in [3.8, 4) is 11.5 Å². The number of ether oxygens (including phenoxy) is 1. The van der Waals surface area contributed by atoms with Gasteiger partial charge in [0.25, 0.3) is 0 Å². The normalized spacial score (nSPS) is 13.8. The maximum absolute atomic E-state index is 7.70. The Balaban J connectivity index is 1.27. The fraction of sp³-hybridized carbons (Fsp3) is 0.478. The van der Waals surface area contributed by atoms with Crippen molar-refractivity contribution in [1.29, 1.82) is 0 Å². The summed E-state index contributed by atoms with van der Waals surface area (Å²) >= 11 is 0. The average Bonchev–Trinajstić information content (AvgIpc) is 3.15. The van der Waals surface area contributed by atoms with Gasteiger partial charge in [0, 0.05) is 0 Å². The second-order valence-electron chi connectivity index (χ2n) is 14.9. The van der Waals surface area contributed by atoms with Crippen LogP contribution < -0.4 is 15.1 Å². The molecule has 0 spiro atoms. The zero-order valence-corrected chi connectivity index (χ0v) is 33.7. The molecular formula is C46H66O2Si2. The maximum atomic E-state index is 7.70. The molecule has 0 N–H and O–H groups in total. The van der Waals surface area contributed by atoms with Crippen molar-refractivity contribution in [2.75, 3.05) is 0 Å². The highest BCUT2D eigenvalue weighted by atomic mass is 28.4. The number of aryl methyl sites for hydroxylation is 1. The van der Waals surface area contributed by atoms with Crippen molar-refractivity contribution in [2.24, 2.45) is 0 Å². The molecule has 0 saturated carbocycles. The molecule has 2 nitrogen and oxygen atoms in total. The number of hydrogen-bond acceptors (Lipinski definition) is 2. The molecule has 2 unspecified atom stereocenters. The van der Waals surface area contributed by atoms with Crippen LogP contribution in [0.25, 0.3) is 0 Å². The van der Waals surface area contributed by atoms with Crippen molar-refractivity contribution in [2.45, 2.75) is 141 Å². The minimum absolute atomic E-state index is 0.868. The van der Waals surface area contributed by atoms with Crippen LogP contribution >= 0.6 is 0 Å². The van der Waals surface area contributed by atoms with E-state index in [-0.39, 0.29) is 0 Å². The third-order valence-corrected chi connectivity index (χ3v) is 19.7. The molecule has 0 aliphatic carbocycles. The van der Waals surface area contributed by atoms with Gasteiger partial charge in [0.15, 0.2) is 0 Å². The lowest BCUT2D eigenvalue weighted by Crippen LogP contribution is -2.60. The summed E-state index contributed by atoms with van der Waals surface area (Å²) in [7, 11) is -4.48. The molecule has 0 saturated heterocycles. The molecule has 0 heterocycles. The highest BCUT2D eigenvalue weighted by Crippen LogP contribution is 2.28. The summed E-state index contributed by atoms with van der Waals surface area (Å²) in [5, 5.41) is 2.85. The lowest BCUT2D eigenvalue weighted by Gasteiger charge is -2.39. The van der Waals surface area contributed by atoms with E-state index in [0.717, 1.165) is 24.0 Å². The van der Waals surface area contributed by atoms with E-state index >= 15 is 0 Å². The SMILES string of the molecule is CCCCCCCCCCCCCCCCCC[Si](C)(O[Si](C)(CCc1ccc(Oc2ccccc2)cc1)c1ccccc1)c1ccccc1. The Hall–Kier alpha value is -2.93. The van der Waals surface area contributed by atoms with Crippen LogP contribution in [0, 0.1) is 0 Å². The van der Waals surface area contributed by atoms with E-state index < -0.39 is 16.6 Å². The van der Waals surface area contributed by atoms with Gasteiger partial charge in [-0.1, -0.05) is 201 Å². The number of para-hydroxylation sites is 1. The predicted octanol–water partition coefficient (Wildman–Crippen LogP) is 13.3. The Morgan fingerprint density at radius 3 is 1.24 bits per heavy atom. The standard InChI is InChI=1S/C46H66O2Si2/c1-4-5-6-7-8-9-10-11-12-13-14-15-16-17-18-28-40-49(2,45-31-24-20-25-32-45)48-50(3,46-33-26-21-27-34-46)41-39-42-35-37-44(38-36-42)47-43-29-22-19-23-30-43/h19-27,29-38H,4-18,28,39-41H2,1-3H3. The van der Waals surface area contributed by atoms with Gasteiger partial charge < -0.3 is 8.85 Å². The fourth-order valence-corrected chi connectivity index (χ4v) is 17.1. The Kier molecular flexibility index (Phi) is 18.2. The summed E-state index contributed by atoms with van der Waals surface area (Å²) in [4.78, 5) is 0. The van der Waals surface area contributed by atoms with Gasteiger partial charge in [0.05, 0.1) is 0 Å². The zero-order chi connectivity index (χ0) is 35.2. The minimum Gasteiger partial charge on any atom is -0.457 e. The number of hydrogen-bond donors (Lipinski definition) is 0. The van der Waals surface area contributed by atoms with Crippen molar-refractivity contribution >= 4 is 27.0 Å². The van der Waals surface area contributed by atoms with E-state index in [0.29, 0.717) is 0 Å². The lowest BCUT2D eigenvalue weighted by molar-refractivity contribution is 0.482. The second-order valence-corrected chi connectivity index (χ2v) is 22.8. The van der Waals surface area contributed by atoms with Gasteiger partial charge in [-0.25, -0.2) is 0 Å². The van der Waals surface area contributed by atoms with E-state index in [1.807, 2.05) is 30.3 Å². The number of benzene rings is 4. The third kappa shape index (κ3) is 14.4. The van der Waals surface area contributed by atoms with Gasteiger partial charge in [0.1, 0.15) is 11.5 Å². The largest absolute Gasteiger partial charge is 0.457 e. The Labute approximate surface area is 308 Å². The molecule has 270 valence electrons. The van der Waals surface area contributed by atoms with Crippen molar-refractivity contribution in [3.05, 3.63) is 121 Å². The van der Waals surface area contributed by atoms with Crippen LogP contribution in [-0.2, 0) is 10.5 Å². The fourth-order valence-electron chi connectivity index (χ4n) is 7.33. The van der Waals surface area contributed by atoms with Gasteiger partial charge >= 0.3 is 0 Å². The van der Waals surface area contributed by atoms with Gasteiger partial charge in [-0.05, 0) is 71.8 Å². The van der Waals surface area contributed by atoms with Crippen molar-refractivity contribution in [3.63, 3.8) is 0 Å². The van der Waals surface area contributed by atoms with E-state index in [1.54, 1.807) is 0 Å². The third-order valence-electron chi connectivity index (χ3n) is 10.5. The predicted molar refractivity (Wildman–Crippen MR) is 222 cm³/mol. The van der Waals surface area contributed by atoms with Crippen molar-refractivity contribution < 1.29 is 8.85 Å². The molecule has 0 radical (unpaired) electrons. The van der Waals surface area contributed by atoms with E-state index in [4.69, 9.17) is 8.85 Å². The summed E-state index contributed by atoms with van der Waals surface area (Å²) in [6.07, 6.45) is 23.4. The highest BCUT2D eigenvalue weighted by Gasteiger charge is 2.41. The second kappa shape index (κ2) is 22.8. The van der Waals surface area contributed by atoms with Crippen LogP contribution in [0.4, 0.5) is 0 Å². The molecule has 0 fully saturated rings. The smallest absolute Gasteiger partial charge is 0.209 e. The first-order valence-corrected chi connectivity index (χ1v) is 25.4. The molecule has 0 amide bonds. The van der Waals surface area contributed by atoms with Crippen molar-refractivity contribution in [1.82, 2.24) is 0 Å². The number of rotatable bonds is 26. The molecule has 4 aromatic carbocycles. The first-order valence-electron chi connectivity index (χ1n) is 20.1. The number of unbranched alkanes of at least 4 members (excludes halogenated alkanes) is 15. The molecule has 0 aromatic heterocycles. The Morgan fingerprint density at radius 1 is 0.400 bits per heavy atom. The Morgan fingerprint density at radius 2 is 0.780 bits per heavy atom. The van der Waals surface area contributed by atoms with Gasteiger partial charge in [-0.2, -0.15) is 0 Å². The Bertz CT molecular complexity index is 1410. The van der Waals surface area contributed by atoms with E-state index in [1.165, 1.54) is 125 Å². The molecule has 4 heteroatoms. The summed E-state index contributed by atoms with van der Waals surface area (Å²) in [6, 6.07) is 43.3. The summed E-state index contributed by atoms with van der Waals surface area (Å²) in [5.74, 6) is 1.74. The van der Waals surface area contributed by atoms with E-state index in [9.17, 15) is 0 Å². The first kappa shape index (κ1) is 39.9. The highest BCUT2D eigenvalue weighted by molar-refractivity contribution is 6.97. The summed E-state index contributed by atoms with van der Waals surface area (Å²) in [6.45, 7) is 7.27. The molecule has 4 rings (SSSR count). The topological polar surface area (TPSA) is 18.5 Å². The van der Waals surface area contributed by atoms with Gasteiger partial charge in [-0.15, -0.1) is 0 Å². The average molecular weight is 707 g/mol. The van der Waals surface area contributed by atoms with Crippen LogP contribution in [0.3, 0.4) is 0 Å². The minimum atomic E-state index is -2.28. The molecule has 50 heavy (non-hydrogen) atoms. The lowest BCUT2D eigenvalue weighted by atomic mass is 10.0. The summed E-state index contributed by atoms with van der Waals surface area (Å²) < 4.78 is 13.8. The van der Waals surface area contributed by atoms with Crippen LogP contribution in [0.5, 0.6) is 11.5 Å². The van der Waals surface area contributed by atoms with Crippen LogP contribution in [0.2, 0.25) is 25.2 Å². The monoisotopic (exact) mass is 706 g/mol. The summed E-state index contributed by atoms with van der Waals surface area (Å²) in [5.41, 5.74) is 1.34. The zero-order valence-electron chi connectivity index (χ0n) is 31.7. The molecule has 4 aromatic rings. The van der Waals surface area contributed by atoms with Gasteiger partial charge in [0.2, 0.25) is 16.6 Å². The van der Waals surface area contributed by atoms with E-state index in [2.05, 4.69) is 105 Å². The van der Waals surface area contributed by atoms with Crippen LogP contribution in [0.1, 0.15) is 115 Å². The molecule has 0 aliphatic heterocycles. The molecule has 0 bridgehead atoms. The molecular weight excluding hydrogens is 641 g/mol.